The van der Waals surface area contributed by atoms with Gasteiger partial charge in [-0.2, -0.15) is 0 Å². The molecule has 29 heavy (non-hydrogen) atoms. The van der Waals surface area contributed by atoms with Gasteiger partial charge in [-0.15, -0.1) is 0 Å². The minimum absolute atomic E-state index is 0.120. The van der Waals surface area contributed by atoms with Crippen molar-refractivity contribution in [3.8, 4) is 0 Å². The molecule has 5 rings (SSSR count). The molecule has 0 aromatic heterocycles. The smallest absolute Gasteiger partial charge is 0.255 e. The lowest BCUT2D eigenvalue weighted by Crippen LogP contribution is -2.52. The lowest BCUT2D eigenvalue weighted by atomic mass is 9.75. The average Bonchev–Trinajstić information content (AvgIpc) is 3.27. The van der Waals surface area contributed by atoms with Crippen LogP contribution in [0.15, 0.2) is 18.2 Å². The van der Waals surface area contributed by atoms with E-state index in [0.29, 0.717) is 30.5 Å². The van der Waals surface area contributed by atoms with Gasteiger partial charge in [0.2, 0.25) is 11.8 Å². The highest BCUT2D eigenvalue weighted by Crippen LogP contribution is 2.73. The van der Waals surface area contributed by atoms with Gasteiger partial charge in [0.05, 0.1) is 0 Å². The molecule has 4 N–H and O–H groups in total. The average molecular weight is 396 g/mol. The monoisotopic (exact) mass is 396 g/mol. The van der Waals surface area contributed by atoms with Gasteiger partial charge < -0.3 is 16.0 Å². The molecular formula is C22H28N4O3. The Balaban J connectivity index is 1.22. The minimum atomic E-state index is -0.563. The first-order valence-corrected chi connectivity index (χ1v) is 10.6. The number of carbonyl (C=O) groups excluding carboxylic acids is 3. The Morgan fingerprint density at radius 3 is 2.72 bits per heavy atom. The van der Waals surface area contributed by atoms with Crippen molar-refractivity contribution < 1.29 is 14.4 Å². The van der Waals surface area contributed by atoms with Gasteiger partial charge in [0.1, 0.15) is 6.04 Å². The molecule has 1 saturated heterocycles. The Hall–Kier alpha value is -2.25. The second-order valence-corrected chi connectivity index (χ2v) is 9.29. The van der Waals surface area contributed by atoms with Gasteiger partial charge in [-0.25, -0.2) is 0 Å². The van der Waals surface area contributed by atoms with Crippen molar-refractivity contribution in [3.05, 3.63) is 34.9 Å². The lowest BCUT2D eigenvalue weighted by Gasteiger charge is -2.32. The molecule has 2 unspecified atom stereocenters. The number of nitrogens with one attached hydrogen (secondary N) is 2. The van der Waals surface area contributed by atoms with Crippen LogP contribution in [0.25, 0.3) is 0 Å². The van der Waals surface area contributed by atoms with Gasteiger partial charge in [0, 0.05) is 37.0 Å². The summed E-state index contributed by atoms with van der Waals surface area (Å²) < 4.78 is 0. The van der Waals surface area contributed by atoms with Crippen LogP contribution >= 0.6 is 0 Å². The lowest BCUT2D eigenvalue weighted by molar-refractivity contribution is -0.136. The van der Waals surface area contributed by atoms with Crippen LogP contribution in [0.2, 0.25) is 0 Å². The molecule has 154 valence electrons. The second-order valence-electron chi connectivity index (χ2n) is 9.29. The fraction of sp³-hybridized carbons (Fsp3) is 0.591. The summed E-state index contributed by atoms with van der Waals surface area (Å²) in [5.41, 5.74) is 9.54. The van der Waals surface area contributed by atoms with Crippen molar-refractivity contribution >= 4 is 17.7 Å². The molecule has 3 fully saturated rings. The Morgan fingerprint density at radius 2 is 2.07 bits per heavy atom. The fourth-order valence-corrected chi connectivity index (χ4v) is 5.68. The highest BCUT2D eigenvalue weighted by molar-refractivity contribution is 6.05. The fourth-order valence-electron chi connectivity index (χ4n) is 5.68. The molecular weight excluding hydrogens is 368 g/mol. The van der Waals surface area contributed by atoms with Crippen LogP contribution in [0.5, 0.6) is 0 Å². The van der Waals surface area contributed by atoms with E-state index in [1.807, 2.05) is 18.2 Å². The topological polar surface area (TPSA) is 105 Å². The zero-order chi connectivity index (χ0) is 20.2. The highest BCUT2D eigenvalue weighted by atomic mass is 16.2. The summed E-state index contributed by atoms with van der Waals surface area (Å²) in [5, 5.41) is 5.91. The van der Waals surface area contributed by atoms with Crippen LogP contribution in [0.4, 0.5) is 0 Å². The maximum absolute atomic E-state index is 12.9. The molecule has 0 radical (unpaired) electrons. The third-order valence-corrected chi connectivity index (χ3v) is 7.76. The summed E-state index contributed by atoms with van der Waals surface area (Å²) in [6.07, 6.45) is 5.87. The Kier molecular flexibility index (Phi) is 4.29. The minimum Gasteiger partial charge on any atom is -0.330 e. The van der Waals surface area contributed by atoms with Gasteiger partial charge >= 0.3 is 0 Å². The van der Waals surface area contributed by atoms with E-state index in [4.69, 9.17) is 5.73 Å². The summed E-state index contributed by atoms with van der Waals surface area (Å²) >= 11 is 0. The summed E-state index contributed by atoms with van der Waals surface area (Å²) in [6.45, 7) is 2.80. The van der Waals surface area contributed by atoms with Gasteiger partial charge in [-0.05, 0) is 54.8 Å². The molecule has 7 nitrogen and oxygen atoms in total. The number of rotatable bonds is 6. The van der Waals surface area contributed by atoms with E-state index >= 15 is 0 Å². The number of benzene rings is 1. The van der Waals surface area contributed by atoms with E-state index in [-0.39, 0.29) is 29.6 Å². The van der Waals surface area contributed by atoms with E-state index in [2.05, 4.69) is 10.6 Å². The van der Waals surface area contributed by atoms with E-state index in [9.17, 15) is 14.4 Å². The number of hydrogen-bond acceptors (Lipinski definition) is 5. The number of piperidine rings is 1. The van der Waals surface area contributed by atoms with Crippen molar-refractivity contribution in [2.75, 3.05) is 13.1 Å². The number of hydrogen-bond donors (Lipinski definition) is 3. The molecule has 1 aromatic rings. The molecule has 3 amide bonds. The van der Waals surface area contributed by atoms with Crippen molar-refractivity contribution in [1.82, 2.24) is 15.5 Å². The van der Waals surface area contributed by atoms with E-state index in [0.717, 1.165) is 24.2 Å². The second kappa shape index (κ2) is 6.64. The largest absolute Gasteiger partial charge is 0.330 e. The predicted molar refractivity (Wildman–Crippen MR) is 107 cm³/mol. The quantitative estimate of drug-likeness (QED) is 0.624. The summed E-state index contributed by atoms with van der Waals surface area (Å²) in [6, 6.07) is 5.41. The molecule has 2 saturated carbocycles. The number of fused-ring (bicyclic) bond motifs is 1. The Bertz CT molecular complexity index is 894. The number of imide groups is 1. The molecule has 2 heterocycles. The van der Waals surface area contributed by atoms with E-state index in [1.54, 1.807) is 4.90 Å². The molecule has 0 bridgehead atoms. The Morgan fingerprint density at radius 1 is 1.24 bits per heavy atom. The zero-order valence-corrected chi connectivity index (χ0v) is 16.6. The predicted octanol–water partition coefficient (Wildman–Crippen LogP) is 1.06. The van der Waals surface area contributed by atoms with Crippen LogP contribution in [0, 0.1) is 10.8 Å². The van der Waals surface area contributed by atoms with Crippen LogP contribution in [0.3, 0.4) is 0 Å². The molecule has 1 aromatic carbocycles. The van der Waals surface area contributed by atoms with Crippen LogP contribution in [0.1, 0.15) is 60.0 Å². The standard InChI is InChI=1S/C22H28N4O3/c23-12-22(11-21(22)6-1-7-21)13-24-9-14-2-3-15-10-26(20(29)16(15)8-14)17-4-5-18(27)25-19(17)28/h2-3,8,17,24H,1,4-7,9-13,23H2,(H,25,27,28). The normalized spacial score (nSPS) is 29.6. The van der Waals surface area contributed by atoms with Crippen molar-refractivity contribution in [1.29, 1.82) is 0 Å². The SMILES string of the molecule is NCC1(CNCc2ccc3c(c2)C(=O)N(C2CCC(=O)NC2=O)C3)CC12CCC2. The van der Waals surface area contributed by atoms with Gasteiger partial charge in [0.25, 0.3) is 5.91 Å². The summed E-state index contributed by atoms with van der Waals surface area (Å²) in [7, 11) is 0. The van der Waals surface area contributed by atoms with Crippen molar-refractivity contribution in [3.63, 3.8) is 0 Å². The molecule has 4 aliphatic rings. The zero-order valence-electron chi connectivity index (χ0n) is 16.6. The van der Waals surface area contributed by atoms with Crippen LogP contribution in [-0.2, 0) is 22.7 Å². The molecule has 7 heteroatoms. The van der Waals surface area contributed by atoms with Gasteiger partial charge in [0.15, 0.2) is 0 Å². The van der Waals surface area contributed by atoms with Gasteiger partial charge in [-0.1, -0.05) is 18.6 Å². The number of amides is 3. The highest BCUT2D eigenvalue weighted by Gasteiger charge is 2.67. The number of nitrogens with zero attached hydrogens (tertiary/aromatic N) is 1. The van der Waals surface area contributed by atoms with Crippen molar-refractivity contribution in [2.24, 2.45) is 16.6 Å². The maximum atomic E-state index is 12.9. The van der Waals surface area contributed by atoms with Crippen molar-refractivity contribution in [2.45, 2.75) is 57.7 Å². The molecule has 2 aliphatic heterocycles. The van der Waals surface area contributed by atoms with Crippen LogP contribution < -0.4 is 16.4 Å². The van der Waals surface area contributed by atoms with E-state index < -0.39 is 6.04 Å². The third kappa shape index (κ3) is 2.90. The molecule has 2 atom stereocenters. The first-order chi connectivity index (χ1) is 14.0. The van der Waals surface area contributed by atoms with E-state index in [1.165, 1.54) is 25.7 Å². The third-order valence-electron chi connectivity index (χ3n) is 7.76. The summed E-state index contributed by atoms with van der Waals surface area (Å²) in [4.78, 5) is 38.1. The maximum Gasteiger partial charge on any atom is 0.255 e. The van der Waals surface area contributed by atoms with Crippen LogP contribution in [-0.4, -0.2) is 41.8 Å². The molecule has 2 aliphatic carbocycles. The first kappa shape index (κ1) is 18.8. The molecule has 1 spiro atoms. The first-order valence-electron chi connectivity index (χ1n) is 10.6. The number of nitrogens with two attached hydrogens (primary N) is 1. The Labute approximate surface area is 170 Å². The number of carbonyl (C=O) groups is 3. The van der Waals surface area contributed by atoms with Gasteiger partial charge in [-0.3, -0.25) is 19.7 Å². The summed E-state index contributed by atoms with van der Waals surface area (Å²) in [5.74, 6) is -0.755.